The van der Waals surface area contributed by atoms with E-state index in [1.54, 1.807) is 18.2 Å². The van der Waals surface area contributed by atoms with Crippen LogP contribution in [-0.2, 0) is 9.59 Å². The van der Waals surface area contributed by atoms with Gasteiger partial charge in [-0.1, -0.05) is 61.1 Å². The third-order valence-corrected chi connectivity index (χ3v) is 9.17. The number of alkyl halides is 2. The van der Waals surface area contributed by atoms with Gasteiger partial charge in [-0.3, -0.25) is 9.59 Å². The minimum atomic E-state index is -0.245. The lowest BCUT2D eigenvalue weighted by Crippen LogP contribution is -2.37. The van der Waals surface area contributed by atoms with Crippen LogP contribution in [0.25, 0.3) is 0 Å². The van der Waals surface area contributed by atoms with Gasteiger partial charge < -0.3 is 0 Å². The molecule has 6 atom stereocenters. The topological polar surface area (TPSA) is 37.4 Å². The summed E-state index contributed by atoms with van der Waals surface area (Å²) >= 11 is 19.6. The first-order chi connectivity index (χ1) is 10.4. The Bertz CT molecular complexity index is 666. The van der Waals surface area contributed by atoms with Gasteiger partial charge in [0.2, 0.25) is 11.8 Å². The van der Waals surface area contributed by atoms with Crippen molar-refractivity contribution in [1.82, 2.24) is 0 Å². The van der Waals surface area contributed by atoms with Crippen LogP contribution in [0.15, 0.2) is 18.2 Å². The highest BCUT2D eigenvalue weighted by atomic mass is 79.9. The number of hydrogen-bond donors (Lipinski definition) is 0. The lowest BCUT2D eigenvalue weighted by atomic mass is 9.81. The molecule has 0 N–H and O–H groups in total. The van der Waals surface area contributed by atoms with Crippen molar-refractivity contribution in [3.63, 3.8) is 0 Å². The van der Waals surface area contributed by atoms with Gasteiger partial charge in [-0.05, 0) is 30.4 Å². The second kappa shape index (κ2) is 5.20. The van der Waals surface area contributed by atoms with Crippen molar-refractivity contribution < 1.29 is 9.59 Å². The van der Waals surface area contributed by atoms with E-state index < -0.39 is 0 Å². The molecule has 1 aliphatic heterocycles. The van der Waals surface area contributed by atoms with Crippen molar-refractivity contribution in [1.29, 1.82) is 0 Å². The predicted octanol–water partition coefficient (Wildman–Crippen LogP) is 4.28. The van der Waals surface area contributed by atoms with E-state index in [4.69, 9.17) is 23.2 Å². The number of amides is 2. The molecule has 3 fully saturated rings. The van der Waals surface area contributed by atoms with Gasteiger partial charge in [0, 0.05) is 9.65 Å². The van der Waals surface area contributed by atoms with Crippen LogP contribution in [0.5, 0.6) is 0 Å². The van der Waals surface area contributed by atoms with E-state index in [1.165, 1.54) is 4.90 Å². The molecular weight excluding hydrogens is 457 g/mol. The summed E-state index contributed by atoms with van der Waals surface area (Å²) in [7, 11) is 0. The molecule has 1 aromatic rings. The van der Waals surface area contributed by atoms with Crippen LogP contribution in [0.3, 0.4) is 0 Å². The van der Waals surface area contributed by atoms with Gasteiger partial charge in [-0.15, -0.1) is 0 Å². The molecule has 1 heterocycles. The molecule has 0 radical (unpaired) electrons. The highest BCUT2D eigenvalue weighted by Crippen LogP contribution is 2.60. The van der Waals surface area contributed by atoms with Crippen LogP contribution in [0, 0.1) is 23.7 Å². The molecule has 0 aromatic heterocycles. The van der Waals surface area contributed by atoms with E-state index in [0.717, 1.165) is 6.42 Å². The molecule has 2 bridgehead atoms. The zero-order valence-electron chi connectivity index (χ0n) is 11.2. The molecule has 22 heavy (non-hydrogen) atoms. The molecular formula is C15H11Br2Cl2NO2. The molecule has 2 saturated carbocycles. The first-order valence-corrected chi connectivity index (χ1v) is 9.62. The fourth-order valence-electron chi connectivity index (χ4n) is 4.25. The Kier molecular flexibility index (Phi) is 3.65. The zero-order chi connectivity index (χ0) is 15.8. The summed E-state index contributed by atoms with van der Waals surface area (Å²) in [5, 5.41) is 0.598. The SMILES string of the molecule is O=C1[C@@H]2[C@H]3C[C@H]([C@H](Br)[C@@H]3Br)[C@@H]2C(=O)N1c1cccc(Cl)c1Cl. The molecule has 1 aromatic carbocycles. The number of rotatable bonds is 1. The van der Waals surface area contributed by atoms with Crippen LogP contribution in [0.1, 0.15) is 6.42 Å². The monoisotopic (exact) mass is 465 g/mol. The van der Waals surface area contributed by atoms with E-state index in [9.17, 15) is 9.59 Å². The van der Waals surface area contributed by atoms with E-state index in [2.05, 4.69) is 31.9 Å². The van der Waals surface area contributed by atoms with E-state index >= 15 is 0 Å². The van der Waals surface area contributed by atoms with Gasteiger partial charge in [-0.2, -0.15) is 0 Å². The number of imide groups is 1. The third kappa shape index (κ3) is 1.86. The predicted molar refractivity (Wildman–Crippen MR) is 93.0 cm³/mol. The summed E-state index contributed by atoms with van der Waals surface area (Å²) in [4.78, 5) is 27.4. The highest BCUT2D eigenvalue weighted by Gasteiger charge is 2.66. The van der Waals surface area contributed by atoms with Crippen molar-refractivity contribution in [3.8, 4) is 0 Å². The van der Waals surface area contributed by atoms with Crippen molar-refractivity contribution >= 4 is 72.6 Å². The van der Waals surface area contributed by atoms with Crippen molar-refractivity contribution in [2.75, 3.05) is 4.90 Å². The van der Waals surface area contributed by atoms with Gasteiger partial charge in [0.25, 0.3) is 0 Å². The van der Waals surface area contributed by atoms with Crippen molar-refractivity contribution in [3.05, 3.63) is 28.2 Å². The number of anilines is 1. The Morgan fingerprint density at radius 2 is 1.55 bits per heavy atom. The van der Waals surface area contributed by atoms with Gasteiger partial charge in [0.1, 0.15) is 0 Å². The Labute approximate surface area is 154 Å². The molecule has 0 spiro atoms. The number of benzene rings is 1. The molecule has 1 saturated heterocycles. The van der Waals surface area contributed by atoms with Crippen molar-refractivity contribution in [2.45, 2.75) is 16.1 Å². The molecule has 2 amide bonds. The summed E-state index contributed by atoms with van der Waals surface area (Å²) in [5.74, 6) is -0.389. The van der Waals surface area contributed by atoms with Gasteiger partial charge in [0.15, 0.2) is 0 Å². The van der Waals surface area contributed by atoms with Crippen LogP contribution in [0.2, 0.25) is 10.0 Å². The van der Waals surface area contributed by atoms with Crippen LogP contribution >= 0.6 is 55.1 Å². The summed E-state index contributed by atoms with van der Waals surface area (Å²) in [6, 6.07) is 5.02. The number of carbonyl (C=O) groups excluding carboxylic acids is 2. The standard InChI is InChI=1S/C15H11Br2Cl2NO2/c16-11-5-4-6(12(11)17)10-9(5)14(21)20(15(10)22)8-3-1-2-7(18)13(8)19/h1-3,5-6,9-12H,4H2/t5-,6+,9-,10+,11-,12+. The van der Waals surface area contributed by atoms with E-state index in [-0.39, 0.29) is 50.2 Å². The van der Waals surface area contributed by atoms with Crippen molar-refractivity contribution in [2.24, 2.45) is 23.7 Å². The largest absolute Gasteiger partial charge is 0.274 e. The normalized spacial score (nSPS) is 39.7. The van der Waals surface area contributed by atoms with Gasteiger partial charge >= 0.3 is 0 Å². The minimum Gasteiger partial charge on any atom is -0.274 e. The minimum absolute atomic E-state index is 0.143. The number of carbonyl (C=O) groups is 2. The summed E-state index contributed by atoms with van der Waals surface area (Å²) in [5.41, 5.74) is 0.398. The first kappa shape index (κ1) is 15.4. The maximum absolute atomic E-state index is 12.9. The van der Waals surface area contributed by atoms with E-state index in [1.807, 2.05) is 0 Å². The molecule has 3 nitrogen and oxygen atoms in total. The van der Waals surface area contributed by atoms with Crippen LogP contribution < -0.4 is 4.90 Å². The molecule has 2 aliphatic carbocycles. The summed E-state index contributed by atoms with van der Waals surface area (Å²) in [6.45, 7) is 0. The maximum Gasteiger partial charge on any atom is 0.238 e. The Hall–Kier alpha value is -0.100. The molecule has 4 rings (SSSR count). The second-order valence-corrected chi connectivity index (χ2v) is 8.99. The van der Waals surface area contributed by atoms with E-state index in [0.29, 0.717) is 10.7 Å². The number of halogens is 4. The Balaban J connectivity index is 1.78. The fraction of sp³-hybridized carbons (Fsp3) is 0.467. The molecule has 0 unspecified atom stereocenters. The third-order valence-electron chi connectivity index (χ3n) is 5.16. The number of fused-ring (bicyclic) bond motifs is 5. The average Bonchev–Trinajstić information content (AvgIpc) is 3.08. The summed E-state index contributed by atoms with van der Waals surface area (Å²) < 4.78 is 0. The lowest BCUT2D eigenvalue weighted by Gasteiger charge is -2.28. The zero-order valence-corrected chi connectivity index (χ0v) is 15.9. The quantitative estimate of drug-likeness (QED) is 0.457. The Morgan fingerprint density at radius 3 is 2.09 bits per heavy atom. The average molecular weight is 468 g/mol. The Morgan fingerprint density at radius 1 is 1.00 bits per heavy atom. The van der Waals surface area contributed by atoms with Crippen LogP contribution in [0.4, 0.5) is 5.69 Å². The molecule has 7 heteroatoms. The fourth-order valence-corrected chi connectivity index (χ4v) is 6.50. The second-order valence-electron chi connectivity index (χ2n) is 6.09. The smallest absolute Gasteiger partial charge is 0.238 e. The molecule has 3 aliphatic rings. The summed E-state index contributed by atoms with van der Waals surface area (Å²) in [6.07, 6.45) is 0.912. The lowest BCUT2D eigenvalue weighted by molar-refractivity contribution is -0.123. The first-order valence-electron chi connectivity index (χ1n) is 7.03. The van der Waals surface area contributed by atoms with Gasteiger partial charge in [-0.25, -0.2) is 4.90 Å². The number of hydrogen-bond acceptors (Lipinski definition) is 2. The van der Waals surface area contributed by atoms with Gasteiger partial charge in [0.05, 0.1) is 27.6 Å². The highest BCUT2D eigenvalue weighted by molar-refractivity contribution is 9.12. The number of nitrogens with zero attached hydrogens (tertiary/aromatic N) is 1. The van der Waals surface area contributed by atoms with Crippen LogP contribution in [-0.4, -0.2) is 21.5 Å². The molecule has 116 valence electrons. The maximum atomic E-state index is 12.9.